The van der Waals surface area contributed by atoms with Gasteiger partial charge in [-0.3, -0.25) is 9.48 Å². The van der Waals surface area contributed by atoms with Gasteiger partial charge >= 0.3 is 0 Å². The van der Waals surface area contributed by atoms with E-state index in [4.69, 9.17) is 11.6 Å². The lowest BCUT2D eigenvalue weighted by molar-refractivity contribution is 0.104. The average molecular weight is 317 g/mol. The lowest BCUT2D eigenvalue weighted by Gasteiger charge is -2.18. The van der Waals surface area contributed by atoms with Gasteiger partial charge in [0, 0.05) is 23.2 Å². The summed E-state index contributed by atoms with van der Waals surface area (Å²) in [4.78, 5) is 12.2. The Bertz CT molecular complexity index is 663. The summed E-state index contributed by atoms with van der Waals surface area (Å²) in [5, 5.41) is 4.16. The zero-order valence-electron chi connectivity index (χ0n) is 13.2. The third-order valence-electron chi connectivity index (χ3n) is 3.43. The summed E-state index contributed by atoms with van der Waals surface area (Å²) in [5.41, 5.74) is 2.89. The molecule has 0 N–H and O–H groups in total. The van der Waals surface area contributed by atoms with Gasteiger partial charge in [0.15, 0.2) is 5.78 Å². The second-order valence-electron chi connectivity index (χ2n) is 6.25. The van der Waals surface area contributed by atoms with Gasteiger partial charge in [0.25, 0.3) is 0 Å². The zero-order chi connectivity index (χ0) is 16.2. The molecule has 0 aliphatic rings. The molecule has 0 atom stereocenters. The molecule has 3 nitrogen and oxygen atoms in total. The predicted octanol–water partition coefficient (Wildman–Crippen LogP) is 4.32. The lowest BCUT2D eigenvalue weighted by atomic mass is 9.86. The van der Waals surface area contributed by atoms with Gasteiger partial charge in [-0.1, -0.05) is 45.0 Å². The summed E-state index contributed by atoms with van der Waals surface area (Å²) in [6, 6.07) is 7.79. The van der Waals surface area contributed by atoms with E-state index in [9.17, 15) is 4.79 Å². The van der Waals surface area contributed by atoms with Gasteiger partial charge in [0.2, 0.25) is 0 Å². The maximum atomic E-state index is 12.2. The number of aromatic nitrogens is 2. The second kappa shape index (κ2) is 6.93. The fraction of sp³-hybridized carbons (Fsp3) is 0.333. The van der Waals surface area contributed by atoms with Gasteiger partial charge in [0.1, 0.15) is 0 Å². The number of hydrogen-bond donors (Lipinski definition) is 0. The van der Waals surface area contributed by atoms with Crippen molar-refractivity contribution >= 4 is 23.5 Å². The lowest BCUT2D eigenvalue weighted by Crippen LogP contribution is -2.11. The summed E-state index contributed by atoms with van der Waals surface area (Å²) in [6.07, 6.45) is 6.94. The Morgan fingerprint density at radius 3 is 2.55 bits per heavy atom. The number of halogens is 1. The summed E-state index contributed by atoms with van der Waals surface area (Å²) >= 11 is 5.66. The van der Waals surface area contributed by atoms with E-state index in [0.29, 0.717) is 18.0 Å². The van der Waals surface area contributed by atoms with Crippen molar-refractivity contribution in [2.24, 2.45) is 0 Å². The topological polar surface area (TPSA) is 34.9 Å². The number of aryl methyl sites for hydroxylation is 1. The first kappa shape index (κ1) is 16.5. The molecule has 0 fully saturated rings. The van der Waals surface area contributed by atoms with Crippen LogP contribution in [0.4, 0.5) is 0 Å². The normalized spacial score (nSPS) is 12.0. The van der Waals surface area contributed by atoms with Crippen LogP contribution in [0, 0.1) is 0 Å². The van der Waals surface area contributed by atoms with Gasteiger partial charge in [0.05, 0.1) is 12.7 Å². The Morgan fingerprint density at radius 2 is 1.95 bits per heavy atom. The summed E-state index contributed by atoms with van der Waals surface area (Å²) in [7, 11) is 0. The summed E-state index contributed by atoms with van der Waals surface area (Å²) < 4.78 is 1.76. The minimum absolute atomic E-state index is 0.00875. The van der Waals surface area contributed by atoms with Crippen molar-refractivity contribution in [3.8, 4) is 0 Å². The molecule has 0 aliphatic heterocycles. The van der Waals surface area contributed by atoms with Crippen LogP contribution in [0.5, 0.6) is 0 Å². The van der Waals surface area contributed by atoms with E-state index in [0.717, 1.165) is 5.56 Å². The van der Waals surface area contributed by atoms with Crippen molar-refractivity contribution in [2.45, 2.75) is 32.7 Å². The highest BCUT2D eigenvalue weighted by molar-refractivity contribution is 6.17. The number of alkyl halides is 1. The van der Waals surface area contributed by atoms with Crippen LogP contribution in [-0.2, 0) is 12.0 Å². The van der Waals surface area contributed by atoms with Gasteiger partial charge in [-0.05, 0) is 23.1 Å². The first-order chi connectivity index (χ1) is 10.4. The number of rotatable bonds is 5. The molecule has 0 saturated heterocycles. The Kier molecular flexibility index (Phi) is 5.19. The van der Waals surface area contributed by atoms with Crippen molar-refractivity contribution in [3.05, 3.63) is 59.4 Å². The Morgan fingerprint density at radius 1 is 1.27 bits per heavy atom. The van der Waals surface area contributed by atoms with E-state index in [1.165, 1.54) is 5.56 Å². The van der Waals surface area contributed by atoms with Crippen molar-refractivity contribution in [2.75, 3.05) is 5.88 Å². The number of carbonyl (C=O) groups is 1. The monoisotopic (exact) mass is 316 g/mol. The molecule has 4 heteroatoms. The van der Waals surface area contributed by atoms with Crippen LogP contribution in [0.1, 0.15) is 42.3 Å². The van der Waals surface area contributed by atoms with E-state index in [2.05, 4.69) is 25.9 Å². The molecule has 0 saturated carbocycles. The summed E-state index contributed by atoms with van der Waals surface area (Å²) in [6.45, 7) is 7.13. The molecule has 0 unspecified atom stereocenters. The number of benzene rings is 1. The second-order valence-corrected chi connectivity index (χ2v) is 6.63. The van der Waals surface area contributed by atoms with Crippen molar-refractivity contribution in [1.82, 2.24) is 9.78 Å². The highest BCUT2D eigenvalue weighted by atomic mass is 35.5. The first-order valence-corrected chi connectivity index (χ1v) is 7.85. The highest BCUT2D eigenvalue weighted by Crippen LogP contribution is 2.22. The molecule has 1 heterocycles. The molecule has 22 heavy (non-hydrogen) atoms. The van der Waals surface area contributed by atoms with Crippen LogP contribution in [-0.4, -0.2) is 21.4 Å². The molecule has 0 spiro atoms. The molecule has 116 valence electrons. The number of hydrogen-bond acceptors (Lipinski definition) is 2. The van der Waals surface area contributed by atoms with Gasteiger partial charge in [-0.2, -0.15) is 5.10 Å². The van der Waals surface area contributed by atoms with Crippen LogP contribution in [0.25, 0.3) is 6.08 Å². The highest BCUT2D eigenvalue weighted by Gasteiger charge is 2.13. The third kappa shape index (κ3) is 4.31. The van der Waals surface area contributed by atoms with E-state index in [-0.39, 0.29) is 11.2 Å². The van der Waals surface area contributed by atoms with Crippen molar-refractivity contribution in [3.63, 3.8) is 0 Å². The van der Waals surface area contributed by atoms with E-state index < -0.39 is 0 Å². The van der Waals surface area contributed by atoms with Crippen molar-refractivity contribution in [1.29, 1.82) is 0 Å². The molecule has 1 aromatic heterocycles. The molecule has 0 bridgehead atoms. The predicted molar refractivity (Wildman–Crippen MR) is 91.5 cm³/mol. The average Bonchev–Trinajstić information content (AvgIpc) is 2.92. The molecular weight excluding hydrogens is 296 g/mol. The fourth-order valence-electron chi connectivity index (χ4n) is 2.08. The quantitative estimate of drug-likeness (QED) is 0.468. The first-order valence-electron chi connectivity index (χ1n) is 7.31. The Hall–Kier alpha value is -1.87. The van der Waals surface area contributed by atoms with Crippen molar-refractivity contribution < 1.29 is 4.79 Å². The Balaban J connectivity index is 2.06. The van der Waals surface area contributed by atoms with Crippen LogP contribution < -0.4 is 0 Å². The maximum Gasteiger partial charge on any atom is 0.185 e. The van der Waals surface area contributed by atoms with E-state index in [1.807, 2.05) is 30.5 Å². The van der Waals surface area contributed by atoms with Gasteiger partial charge < -0.3 is 0 Å². The minimum atomic E-state index is -0.00875. The number of allylic oxidation sites excluding steroid dienone is 1. The van der Waals surface area contributed by atoms with Crippen LogP contribution in [0.15, 0.2) is 42.7 Å². The zero-order valence-corrected chi connectivity index (χ0v) is 14.0. The van der Waals surface area contributed by atoms with E-state index in [1.54, 1.807) is 23.0 Å². The van der Waals surface area contributed by atoms with Gasteiger partial charge in [-0.25, -0.2) is 0 Å². The summed E-state index contributed by atoms with van der Waals surface area (Å²) in [5.74, 6) is 0.509. The maximum absolute atomic E-state index is 12.2. The molecule has 0 radical (unpaired) electrons. The van der Waals surface area contributed by atoms with E-state index >= 15 is 0 Å². The third-order valence-corrected chi connectivity index (χ3v) is 3.60. The molecule has 1 aromatic carbocycles. The Labute approximate surface area is 136 Å². The largest absolute Gasteiger partial charge is 0.289 e. The van der Waals surface area contributed by atoms with Crippen LogP contribution >= 0.6 is 11.6 Å². The molecular formula is C18H21ClN2O. The van der Waals surface area contributed by atoms with Gasteiger partial charge in [-0.15, -0.1) is 11.6 Å². The molecule has 0 amide bonds. The fourth-order valence-corrected chi connectivity index (χ4v) is 2.25. The number of carbonyl (C=O) groups excluding carboxylic acids is 1. The van der Waals surface area contributed by atoms with Crippen LogP contribution in [0.3, 0.4) is 0 Å². The smallest absolute Gasteiger partial charge is 0.185 e. The van der Waals surface area contributed by atoms with Crippen LogP contribution in [0.2, 0.25) is 0 Å². The molecule has 2 aromatic rings. The SMILES string of the molecule is CC(C)(C)c1ccc(C(=O)/C=C/c2cnn(CCCl)c2)cc1. The number of nitrogens with zero attached hydrogens (tertiary/aromatic N) is 2. The molecule has 0 aliphatic carbocycles. The standard InChI is InChI=1S/C18H21ClN2O/c1-18(2,3)16-7-5-15(6-8-16)17(22)9-4-14-12-20-21(13-14)11-10-19/h4-9,12-13H,10-11H2,1-3H3/b9-4+. The number of ketones is 1. The molecule has 2 rings (SSSR count). The minimum Gasteiger partial charge on any atom is -0.289 e.